The number of halogens is 3. The van der Waals surface area contributed by atoms with Crippen molar-refractivity contribution in [3.63, 3.8) is 0 Å². The van der Waals surface area contributed by atoms with Crippen molar-refractivity contribution in [1.29, 1.82) is 0 Å². The SMILES string of the molecule is CCCCCCCCCOC(=O)CCC(=O)OC(c1ccccc1)C(F)(F)F. The van der Waals surface area contributed by atoms with E-state index in [0.29, 0.717) is 0 Å². The molecule has 0 aliphatic rings. The summed E-state index contributed by atoms with van der Waals surface area (Å²) in [6.07, 6.45) is -0.239. The van der Waals surface area contributed by atoms with E-state index in [-0.39, 0.29) is 18.6 Å². The number of carbonyl (C=O) groups excluding carboxylic acids is 2. The van der Waals surface area contributed by atoms with E-state index in [9.17, 15) is 22.8 Å². The van der Waals surface area contributed by atoms with E-state index < -0.39 is 30.6 Å². The summed E-state index contributed by atoms with van der Waals surface area (Å²) in [4.78, 5) is 23.4. The summed E-state index contributed by atoms with van der Waals surface area (Å²) < 4.78 is 49.0. The summed E-state index contributed by atoms with van der Waals surface area (Å²) in [5, 5.41) is 0. The Balaban J connectivity index is 2.26. The van der Waals surface area contributed by atoms with Crippen molar-refractivity contribution in [2.75, 3.05) is 6.61 Å². The van der Waals surface area contributed by atoms with Crippen LogP contribution < -0.4 is 0 Å². The van der Waals surface area contributed by atoms with E-state index in [1.54, 1.807) is 6.07 Å². The van der Waals surface area contributed by atoms with Crippen molar-refractivity contribution in [2.24, 2.45) is 0 Å². The number of unbranched alkanes of at least 4 members (excludes halogenated alkanes) is 6. The van der Waals surface area contributed by atoms with Gasteiger partial charge in [0.2, 0.25) is 6.10 Å². The topological polar surface area (TPSA) is 52.6 Å². The molecule has 0 aliphatic heterocycles. The first kappa shape index (κ1) is 24.0. The molecule has 28 heavy (non-hydrogen) atoms. The molecule has 0 aliphatic carbocycles. The molecular weight excluding hydrogens is 373 g/mol. The number of hydrogen-bond acceptors (Lipinski definition) is 4. The summed E-state index contributed by atoms with van der Waals surface area (Å²) in [5.41, 5.74) is -0.162. The molecule has 158 valence electrons. The Hall–Kier alpha value is -2.05. The fourth-order valence-corrected chi connectivity index (χ4v) is 2.66. The monoisotopic (exact) mass is 402 g/mol. The van der Waals surface area contributed by atoms with Gasteiger partial charge in [-0.15, -0.1) is 0 Å². The number of carbonyl (C=O) groups is 2. The molecule has 7 heteroatoms. The van der Waals surface area contributed by atoms with Crippen molar-refractivity contribution in [2.45, 2.75) is 77.0 Å². The zero-order chi connectivity index (χ0) is 20.8. The van der Waals surface area contributed by atoms with Crippen LogP contribution in [0.25, 0.3) is 0 Å². The molecule has 1 aromatic rings. The standard InChI is InChI=1S/C21H29F3O4/c1-2-3-4-5-6-7-11-16-27-18(25)14-15-19(26)28-20(21(22,23)24)17-12-9-8-10-13-17/h8-10,12-13,20H,2-7,11,14-16H2,1H3. The molecule has 0 bridgehead atoms. The lowest BCUT2D eigenvalue weighted by molar-refractivity contribution is -0.224. The van der Waals surface area contributed by atoms with E-state index >= 15 is 0 Å². The smallest absolute Gasteiger partial charge is 0.429 e. The maximum absolute atomic E-state index is 13.1. The quantitative estimate of drug-likeness (QED) is 0.304. The maximum atomic E-state index is 13.1. The van der Waals surface area contributed by atoms with Crippen LogP contribution in [-0.2, 0) is 19.1 Å². The third-order valence-corrected chi connectivity index (χ3v) is 4.19. The molecule has 1 rings (SSSR count). The third-order valence-electron chi connectivity index (χ3n) is 4.19. The lowest BCUT2D eigenvalue weighted by atomic mass is 10.1. The van der Waals surface area contributed by atoms with Gasteiger partial charge in [0, 0.05) is 5.56 Å². The van der Waals surface area contributed by atoms with Gasteiger partial charge in [-0.3, -0.25) is 9.59 Å². The van der Waals surface area contributed by atoms with Crippen LogP contribution in [-0.4, -0.2) is 24.7 Å². The van der Waals surface area contributed by atoms with Crippen LogP contribution in [0.3, 0.4) is 0 Å². The minimum Gasteiger partial charge on any atom is -0.466 e. The molecule has 4 nitrogen and oxygen atoms in total. The van der Waals surface area contributed by atoms with Gasteiger partial charge in [-0.05, 0) is 6.42 Å². The van der Waals surface area contributed by atoms with Crippen molar-refractivity contribution in [3.8, 4) is 0 Å². The van der Waals surface area contributed by atoms with Gasteiger partial charge in [0.25, 0.3) is 0 Å². The van der Waals surface area contributed by atoms with E-state index in [0.717, 1.165) is 25.7 Å². The van der Waals surface area contributed by atoms with Gasteiger partial charge in [0.05, 0.1) is 19.4 Å². The second kappa shape index (κ2) is 13.2. The van der Waals surface area contributed by atoms with Crippen molar-refractivity contribution in [3.05, 3.63) is 35.9 Å². The number of alkyl halides is 3. The summed E-state index contributed by atoms with van der Waals surface area (Å²) in [5.74, 6) is -1.69. The average molecular weight is 402 g/mol. The van der Waals surface area contributed by atoms with Gasteiger partial charge in [-0.25, -0.2) is 0 Å². The molecule has 0 heterocycles. The van der Waals surface area contributed by atoms with Crippen LogP contribution in [0.1, 0.15) is 76.4 Å². The summed E-state index contributed by atoms with van der Waals surface area (Å²) in [7, 11) is 0. The van der Waals surface area contributed by atoms with Crippen molar-refractivity contribution in [1.82, 2.24) is 0 Å². The highest BCUT2D eigenvalue weighted by Gasteiger charge is 2.43. The molecule has 0 N–H and O–H groups in total. The highest BCUT2D eigenvalue weighted by atomic mass is 19.4. The predicted octanol–water partition coefficient (Wildman–Crippen LogP) is 5.91. The van der Waals surface area contributed by atoms with Gasteiger partial charge in [0.15, 0.2) is 0 Å². The molecule has 0 saturated heterocycles. The lowest BCUT2D eigenvalue weighted by Gasteiger charge is -2.21. The largest absolute Gasteiger partial charge is 0.466 e. The van der Waals surface area contributed by atoms with Gasteiger partial charge in [-0.1, -0.05) is 75.8 Å². The van der Waals surface area contributed by atoms with Crippen LogP contribution >= 0.6 is 0 Å². The van der Waals surface area contributed by atoms with E-state index in [4.69, 9.17) is 4.74 Å². The molecule has 0 amide bonds. The number of esters is 2. The second-order valence-electron chi connectivity index (χ2n) is 6.66. The zero-order valence-corrected chi connectivity index (χ0v) is 16.3. The lowest BCUT2D eigenvalue weighted by Crippen LogP contribution is -2.26. The van der Waals surface area contributed by atoms with E-state index in [2.05, 4.69) is 11.7 Å². The highest BCUT2D eigenvalue weighted by molar-refractivity contribution is 5.77. The average Bonchev–Trinajstić information content (AvgIpc) is 2.66. The third kappa shape index (κ3) is 10.3. The molecular formula is C21H29F3O4. The Morgan fingerprint density at radius 1 is 0.893 bits per heavy atom. The van der Waals surface area contributed by atoms with Crippen molar-refractivity contribution < 1.29 is 32.2 Å². The fraction of sp³-hybridized carbons (Fsp3) is 0.619. The molecule has 0 saturated carbocycles. The summed E-state index contributed by atoms with van der Waals surface area (Å²) in [6.45, 7) is 2.41. The van der Waals surface area contributed by atoms with E-state index in [1.165, 1.54) is 43.5 Å². The zero-order valence-electron chi connectivity index (χ0n) is 16.3. The van der Waals surface area contributed by atoms with Crippen LogP contribution in [0.2, 0.25) is 0 Å². The Labute approximate surface area is 164 Å². The Morgan fingerprint density at radius 2 is 1.46 bits per heavy atom. The predicted molar refractivity (Wildman–Crippen MR) is 99.5 cm³/mol. The molecule has 1 atom stereocenters. The molecule has 0 spiro atoms. The number of rotatable bonds is 13. The number of ether oxygens (including phenoxy) is 2. The minimum absolute atomic E-state index is 0.162. The van der Waals surface area contributed by atoms with Crippen LogP contribution in [0, 0.1) is 0 Å². The Kier molecular flexibility index (Phi) is 11.3. The number of hydrogen-bond donors (Lipinski definition) is 0. The number of benzene rings is 1. The van der Waals surface area contributed by atoms with E-state index in [1.807, 2.05) is 0 Å². The van der Waals surface area contributed by atoms with Gasteiger partial charge in [0.1, 0.15) is 0 Å². The van der Waals surface area contributed by atoms with Crippen LogP contribution in [0.5, 0.6) is 0 Å². The normalized spacial score (nSPS) is 12.4. The first-order valence-electron chi connectivity index (χ1n) is 9.81. The minimum atomic E-state index is -4.73. The molecule has 0 fully saturated rings. The van der Waals surface area contributed by atoms with Gasteiger partial charge >= 0.3 is 18.1 Å². The molecule has 1 aromatic carbocycles. The van der Waals surface area contributed by atoms with Crippen LogP contribution in [0.4, 0.5) is 13.2 Å². The van der Waals surface area contributed by atoms with Gasteiger partial charge in [-0.2, -0.15) is 13.2 Å². The Morgan fingerprint density at radius 3 is 2.07 bits per heavy atom. The fourth-order valence-electron chi connectivity index (χ4n) is 2.66. The first-order valence-corrected chi connectivity index (χ1v) is 9.81. The molecule has 0 radical (unpaired) electrons. The van der Waals surface area contributed by atoms with Crippen molar-refractivity contribution >= 4 is 11.9 Å². The van der Waals surface area contributed by atoms with Crippen LogP contribution in [0.15, 0.2) is 30.3 Å². The maximum Gasteiger partial charge on any atom is 0.429 e. The highest BCUT2D eigenvalue weighted by Crippen LogP contribution is 2.36. The van der Waals surface area contributed by atoms with Gasteiger partial charge < -0.3 is 9.47 Å². The summed E-state index contributed by atoms with van der Waals surface area (Å²) >= 11 is 0. The first-order chi connectivity index (χ1) is 13.3. The summed E-state index contributed by atoms with van der Waals surface area (Å²) in [6, 6.07) is 6.91. The molecule has 0 aromatic heterocycles. The molecule has 1 unspecified atom stereocenters. The Bertz CT molecular complexity index is 573. The second-order valence-corrected chi connectivity index (χ2v) is 6.66.